The summed E-state index contributed by atoms with van der Waals surface area (Å²) in [6.07, 6.45) is 2.39. The molecule has 0 amide bonds. The van der Waals surface area contributed by atoms with Crippen LogP contribution in [0.4, 0.5) is 0 Å². The molecule has 0 atom stereocenters. The number of hydrogen-bond donors (Lipinski definition) is 1. The molecule has 0 aliphatic heterocycles. The topological polar surface area (TPSA) is 61.5 Å². The van der Waals surface area contributed by atoms with Gasteiger partial charge in [0, 0.05) is 5.56 Å². The number of nitrogens with two attached hydrogens (primary N) is 1. The highest BCUT2D eigenvalue weighted by Gasteiger charge is 2.07. The molecule has 2 N–H and O–H groups in total. The molecule has 0 aliphatic rings. The fraction of sp³-hybridized carbons (Fsp3) is 0.462. The van der Waals surface area contributed by atoms with Crippen molar-refractivity contribution in [2.75, 3.05) is 20.8 Å². The van der Waals surface area contributed by atoms with Gasteiger partial charge >= 0.3 is 0 Å². The average molecular weight is 274 g/mol. The van der Waals surface area contributed by atoms with E-state index < -0.39 is 5.24 Å². The maximum absolute atomic E-state index is 10.8. The Kier molecular flexibility index (Phi) is 9.06. The van der Waals surface area contributed by atoms with Crippen molar-refractivity contribution >= 4 is 16.8 Å². The summed E-state index contributed by atoms with van der Waals surface area (Å²) in [6, 6.07) is 4.75. The summed E-state index contributed by atoms with van der Waals surface area (Å²) in [7, 11) is 3.03. The zero-order valence-electron chi connectivity index (χ0n) is 11.0. The van der Waals surface area contributed by atoms with Crippen LogP contribution < -0.4 is 15.2 Å². The van der Waals surface area contributed by atoms with Crippen molar-refractivity contribution in [1.29, 1.82) is 0 Å². The van der Waals surface area contributed by atoms with Crippen molar-refractivity contribution in [1.82, 2.24) is 0 Å². The zero-order chi connectivity index (χ0) is 14.0. The fourth-order valence-corrected chi connectivity index (χ4v) is 1.28. The maximum Gasteiger partial charge on any atom is 0.252 e. The summed E-state index contributed by atoms with van der Waals surface area (Å²) in [5, 5.41) is -0.513. The van der Waals surface area contributed by atoms with Gasteiger partial charge in [0.25, 0.3) is 5.24 Å². The van der Waals surface area contributed by atoms with Crippen molar-refractivity contribution in [3.8, 4) is 11.5 Å². The van der Waals surface area contributed by atoms with Crippen LogP contribution in [0.2, 0.25) is 0 Å². The summed E-state index contributed by atoms with van der Waals surface area (Å²) in [5.41, 5.74) is 5.53. The van der Waals surface area contributed by atoms with E-state index in [4.69, 9.17) is 26.8 Å². The molecular weight excluding hydrogens is 254 g/mol. The molecule has 102 valence electrons. The van der Waals surface area contributed by atoms with Crippen LogP contribution in [0.15, 0.2) is 18.2 Å². The number of carbonyl (C=O) groups is 1. The molecule has 0 unspecified atom stereocenters. The third-order valence-electron chi connectivity index (χ3n) is 2.17. The van der Waals surface area contributed by atoms with Gasteiger partial charge in [0.15, 0.2) is 11.5 Å². The Morgan fingerprint density at radius 3 is 2.22 bits per heavy atom. The number of hydrogen-bond acceptors (Lipinski definition) is 4. The van der Waals surface area contributed by atoms with Gasteiger partial charge in [-0.15, -0.1) is 0 Å². The van der Waals surface area contributed by atoms with Crippen molar-refractivity contribution in [2.24, 2.45) is 5.73 Å². The standard InChI is InChI=1S/C9H9ClO3.C4H11N/c1-12-7-4-3-6(9(10)11)5-8(7)13-2;1-2-3-4-5/h3-5H,1-2H3;2-5H2,1H3. The van der Waals surface area contributed by atoms with Gasteiger partial charge in [0.1, 0.15) is 0 Å². The Balaban J connectivity index is 0.000000494. The van der Waals surface area contributed by atoms with E-state index >= 15 is 0 Å². The lowest BCUT2D eigenvalue weighted by Crippen LogP contribution is -1.95. The van der Waals surface area contributed by atoms with Crippen LogP contribution in [-0.4, -0.2) is 26.0 Å². The third-order valence-corrected chi connectivity index (χ3v) is 2.39. The lowest BCUT2D eigenvalue weighted by Gasteiger charge is -2.07. The fourth-order valence-electron chi connectivity index (χ4n) is 1.16. The largest absolute Gasteiger partial charge is 0.493 e. The van der Waals surface area contributed by atoms with Crippen LogP contribution >= 0.6 is 11.6 Å². The average Bonchev–Trinajstić information content (AvgIpc) is 2.39. The first-order valence-electron chi connectivity index (χ1n) is 5.72. The molecule has 0 fully saturated rings. The van der Waals surface area contributed by atoms with E-state index in [1.165, 1.54) is 33.1 Å². The second-order valence-electron chi connectivity index (χ2n) is 3.49. The molecular formula is C13H20ClNO3. The van der Waals surface area contributed by atoms with Crippen molar-refractivity contribution in [2.45, 2.75) is 19.8 Å². The van der Waals surface area contributed by atoms with Gasteiger partial charge in [-0.3, -0.25) is 4.79 Å². The van der Waals surface area contributed by atoms with Crippen LogP contribution in [-0.2, 0) is 0 Å². The molecule has 18 heavy (non-hydrogen) atoms. The predicted octanol–water partition coefficient (Wildman–Crippen LogP) is 2.83. The Bertz CT molecular complexity index is 367. The summed E-state index contributed by atoms with van der Waals surface area (Å²) in [5.74, 6) is 1.07. The normalized spacial score (nSPS) is 9.17. The second kappa shape index (κ2) is 9.74. The summed E-state index contributed by atoms with van der Waals surface area (Å²) in [6.45, 7) is 2.98. The first-order chi connectivity index (χ1) is 8.60. The van der Waals surface area contributed by atoms with E-state index in [9.17, 15) is 4.79 Å². The highest BCUT2D eigenvalue weighted by molar-refractivity contribution is 6.67. The molecule has 4 nitrogen and oxygen atoms in total. The van der Waals surface area contributed by atoms with E-state index in [2.05, 4.69) is 6.92 Å². The highest BCUT2D eigenvalue weighted by atomic mass is 35.5. The molecule has 1 aromatic carbocycles. The minimum Gasteiger partial charge on any atom is -0.493 e. The minimum atomic E-state index is -0.513. The lowest BCUT2D eigenvalue weighted by atomic mass is 10.2. The molecule has 0 aliphatic carbocycles. The Hall–Kier alpha value is -1.26. The van der Waals surface area contributed by atoms with Crippen molar-refractivity contribution in [3.63, 3.8) is 0 Å². The van der Waals surface area contributed by atoms with Crippen LogP contribution in [0, 0.1) is 0 Å². The summed E-state index contributed by atoms with van der Waals surface area (Å²) < 4.78 is 9.98. The number of halogens is 1. The van der Waals surface area contributed by atoms with Gasteiger partial charge in [-0.25, -0.2) is 0 Å². The molecule has 5 heteroatoms. The number of benzene rings is 1. The van der Waals surface area contributed by atoms with Crippen LogP contribution in [0.5, 0.6) is 11.5 Å². The number of ether oxygens (including phenoxy) is 2. The van der Waals surface area contributed by atoms with Gasteiger partial charge in [0.2, 0.25) is 0 Å². The minimum absolute atomic E-state index is 0.388. The van der Waals surface area contributed by atoms with Gasteiger partial charge in [-0.05, 0) is 42.8 Å². The van der Waals surface area contributed by atoms with E-state index in [-0.39, 0.29) is 0 Å². The van der Waals surface area contributed by atoms with Crippen LogP contribution in [0.3, 0.4) is 0 Å². The Labute approximate surface area is 113 Å². The quantitative estimate of drug-likeness (QED) is 0.838. The number of carbonyl (C=O) groups excluding carboxylic acids is 1. The molecule has 0 aromatic heterocycles. The van der Waals surface area contributed by atoms with Gasteiger partial charge in [-0.1, -0.05) is 13.3 Å². The van der Waals surface area contributed by atoms with Crippen LogP contribution in [0.25, 0.3) is 0 Å². The van der Waals surface area contributed by atoms with Gasteiger partial charge in [-0.2, -0.15) is 0 Å². The third kappa shape index (κ3) is 5.89. The first kappa shape index (κ1) is 16.7. The number of rotatable bonds is 5. The first-order valence-corrected chi connectivity index (χ1v) is 6.10. The maximum atomic E-state index is 10.8. The van der Waals surface area contributed by atoms with E-state index in [1.807, 2.05) is 0 Å². The van der Waals surface area contributed by atoms with Gasteiger partial charge < -0.3 is 15.2 Å². The summed E-state index contributed by atoms with van der Waals surface area (Å²) >= 11 is 5.29. The van der Waals surface area contributed by atoms with Crippen molar-refractivity contribution in [3.05, 3.63) is 23.8 Å². The second-order valence-corrected chi connectivity index (χ2v) is 3.83. The number of methoxy groups -OCH3 is 2. The molecule has 1 aromatic rings. The van der Waals surface area contributed by atoms with E-state index in [0.717, 1.165) is 6.54 Å². The van der Waals surface area contributed by atoms with E-state index in [0.29, 0.717) is 17.1 Å². The Morgan fingerprint density at radius 1 is 1.28 bits per heavy atom. The molecule has 0 bridgehead atoms. The molecule has 0 saturated heterocycles. The van der Waals surface area contributed by atoms with Crippen molar-refractivity contribution < 1.29 is 14.3 Å². The molecule has 0 radical (unpaired) electrons. The molecule has 0 heterocycles. The SMILES string of the molecule is CCCCN.COc1ccc(C(=O)Cl)cc1OC. The monoisotopic (exact) mass is 273 g/mol. The highest BCUT2D eigenvalue weighted by Crippen LogP contribution is 2.27. The molecule has 1 rings (SSSR count). The zero-order valence-corrected chi connectivity index (χ0v) is 11.8. The Morgan fingerprint density at radius 2 is 1.89 bits per heavy atom. The predicted molar refractivity (Wildman–Crippen MR) is 73.7 cm³/mol. The lowest BCUT2D eigenvalue weighted by molar-refractivity contribution is 0.108. The van der Waals surface area contributed by atoms with Crippen LogP contribution in [0.1, 0.15) is 30.1 Å². The van der Waals surface area contributed by atoms with E-state index in [1.54, 1.807) is 12.1 Å². The smallest absolute Gasteiger partial charge is 0.252 e. The number of unbranched alkanes of at least 4 members (excludes halogenated alkanes) is 1. The summed E-state index contributed by atoms with van der Waals surface area (Å²) in [4.78, 5) is 10.8. The molecule has 0 spiro atoms. The molecule has 0 saturated carbocycles. The van der Waals surface area contributed by atoms with Gasteiger partial charge in [0.05, 0.1) is 14.2 Å².